The van der Waals surface area contributed by atoms with E-state index in [1.807, 2.05) is 20.0 Å². The summed E-state index contributed by atoms with van der Waals surface area (Å²) in [5, 5.41) is 10.3. The minimum Gasteiger partial charge on any atom is -0.492 e. The van der Waals surface area contributed by atoms with E-state index in [0.29, 0.717) is 25.7 Å². The van der Waals surface area contributed by atoms with E-state index in [4.69, 9.17) is 4.74 Å². The van der Waals surface area contributed by atoms with E-state index in [9.17, 15) is 8.78 Å². The van der Waals surface area contributed by atoms with Gasteiger partial charge in [-0.2, -0.15) is 5.10 Å². The zero-order valence-corrected chi connectivity index (χ0v) is 16.5. The Bertz CT molecular complexity index is 693. The average Bonchev–Trinajstić information content (AvgIpc) is 2.97. The molecule has 2 N–H and O–H groups in total. The van der Waals surface area contributed by atoms with Crippen LogP contribution < -0.4 is 15.4 Å². The number of aromatic nitrogens is 2. The van der Waals surface area contributed by atoms with Crippen molar-refractivity contribution in [3.8, 4) is 5.75 Å². The molecule has 0 saturated heterocycles. The Balaban J connectivity index is 0.00000312. The number of nitrogens with one attached hydrogen (secondary N) is 2. The highest BCUT2D eigenvalue weighted by Crippen LogP contribution is 2.14. The van der Waals surface area contributed by atoms with Crippen LogP contribution in [0.25, 0.3) is 0 Å². The summed E-state index contributed by atoms with van der Waals surface area (Å²) < 4.78 is 33.0. The van der Waals surface area contributed by atoms with Crippen LogP contribution in [0.1, 0.15) is 12.6 Å². The lowest BCUT2D eigenvalue weighted by Gasteiger charge is -2.12. The third-order valence-corrected chi connectivity index (χ3v) is 3.22. The first-order valence-electron chi connectivity index (χ1n) is 7.67. The predicted octanol–water partition coefficient (Wildman–Crippen LogP) is 2.45. The first-order valence-corrected chi connectivity index (χ1v) is 7.67. The van der Waals surface area contributed by atoms with Gasteiger partial charge in [0.2, 0.25) is 0 Å². The largest absolute Gasteiger partial charge is 0.492 e. The number of hydrogen-bond donors (Lipinski definition) is 2. The van der Waals surface area contributed by atoms with Crippen molar-refractivity contribution in [3.63, 3.8) is 0 Å². The maximum atomic E-state index is 13.1. The second-order valence-corrected chi connectivity index (χ2v) is 4.99. The summed E-state index contributed by atoms with van der Waals surface area (Å²) in [7, 11) is 1.86. The van der Waals surface area contributed by atoms with Crippen molar-refractivity contribution in [2.24, 2.45) is 12.0 Å². The number of nitrogens with zero attached hydrogens (tertiary/aromatic N) is 3. The molecular weight excluding hydrogens is 443 g/mol. The fourth-order valence-electron chi connectivity index (χ4n) is 1.96. The number of benzene rings is 1. The monoisotopic (exact) mass is 465 g/mol. The second kappa shape index (κ2) is 10.9. The van der Waals surface area contributed by atoms with Crippen LogP contribution in [0.15, 0.2) is 35.5 Å². The highest BCUT2D eigenvalue weighted by atomic mass is 127. The molecule has 1 aromatic heterocycles. The van der Waals surface area contributed by atoms with Crippen molar-refractivity contribution in [1.82, 2.24) is 20.4 Å². The van der Waals surface area contributed by atoms with Gasteiger partial charge in [0.1, 0.15) is 12.4 Å². The molecule has 0 amide bonds. The molecule has 0 atom stereocenters. The van der Waals surface area contributed by atoms with Crippen LogP contribution in [0.5, 0.6) is 5.75 Å². The van der Waals surface area contributed by atoms with Gasteiger partial charge in [0.25, 0.3) is 0 Å². The first kappa shape index (κ1) is 21.1. The molecule has 6 nitrogen and oxygen atoms in total. The summed E-state index contributed by atoms with van der Waals surface area (Å²) in [5.41, 5.74) is 0.991. The van der Waals surface area contributed by atoms with E-state index < -0.39 is 11.6 Å². The third kappa shape index (κ3) is 6.85. The van der Waals surface area contributed by atoms with Gasteiger partial charge in [-0.05, 0) is 25.1 Å². The van der Waals surface area contributed by atoms with Crippen molar-refractivity contribution in [1.29, 1.82) is 0 Å². The van der Waals surface area contributed by atoms with Gasteiger partial charge < -0.3 is 15.4 Å². The van der Waals surface area contributed by atoms with Crippen LogP contribution >= 0.6 is 24.0 Å². The molecule has 9 heteroatoms. The average molecular weight is 465 g/mol. The lowest BCUT2D eigenvalue weighted by molar-refractivity contribution is 0.318. The molecule has 0 spiro atoms. The van der Waals surface area contributed by atoms with Gasteiger partial charge in [0.15, 0.2) is 17.6 Å². The lowest BCUT2D eigenvalue weighted by Crippen LogP contribution is -2.39. The van der Waals surface area contributed by atoms with Crippen molar-refractivity contribution in [3.05, 3.63) is 47.8 Å². The van der Waals surface area contributed by atoms with E-state index >= 15 is 0 Å². The van der Waals surface area contributed by atoms with Gasteiger partial charge >= 0.3 is 0 Å². The molecule has 0 aliphatic rings. The molecule has 0 fully saturated rings. The maximum absolute atomic E-state index is 13.1. The molecule has 0 unspecified atom stereocenters. The molecule has 0 radical (unpaired) electrons. The highest BCUT2D eigenvalue weighted by Gasteiger charge is 2.04. The van der Waals surface area contributed by atoms with E-state index in [1.165, 1.54) is 6.07 Å². The maximum Gasteiger partial charge on any atom is 0.191 e. The standard InChI is InChI=1S/C16H21F2N5O.HI/c1-3-19-16(21-11-12-6-7-22-23(12)2)20-8-9-24-13-4-5-14(17)15(18)10-13;/h4-7,10H,3,8-9,11H2,1-2H3,(H2,19,20,21);1H. The van der Waals surface area contributed by atoms with Crippen molar-refractivity contribution >= 4 is 29.9 Å². The van der Waals surface area contributed by atoms with Crippen LogP contribution in [-0.4, -0.2) is 35.4 Å². The van der Waals surface area contributed by atoms with E-state index in [2.05, 4.69) is 20.7 Å². The zero-order valence-electron chi connectivity index (χ0n) is 14.1. The van der Waals surface area contributed by atoms with Crippen LogP contribution in [0, 0.1) is 11.6 Å². The van der Waals surface area contributed by atoms with E-state index in [-0.39, 0.29) is 29.7 Å². The number of aliphatic imine (C=N–C) groups is 1. The number of rotatable bonds is 7. The molecule has 0 saturated carbocycles. The zero-order chi connectivity index (χ0) is 17.4. The number of guanidine groups is 1. The highest BCUT2D eigenvalue weighted by molar-refractivity contribution is 14.0. The van der Waals surface area contributed by atoms with Crippen molar-refractivity contribution < 1.29 is 13.5 Å². The van der Waals surface area contributed by atoms with E-state index in [0.717, 1.165) is 24.4 Å². The Morgan fingerprint density at radius 2 is 2.04 bits per heavy atom. The van der Waals surface area contributed by atoms with Crippen LogP contribution in [0.2, 0.25) is 0 Å². The fourth-order valence-corrected chi connectivity index (χ4v) is 1.96. The van der Waals surface area contributed by atoms with Gasteiger partial charge in [-0.1, -0.05) is 0 Å². The predicted molar refractivity (Wildman–Crippen MR) is 103 cm³/mol. The van der Waals surface area contributed by atoms with Crippen LogP contribution in [0.4, 0.5) is 8.78 Å². The van der Waals surface area contributed by atoms with Gasteiger partial charge in [0, 0.05) is 25.9 Å². The summed E-state index contributed by atoms with van der Waals surface area (Å²) >= 11 is 0. The first-order chi connectivity index (χ1) is 11.6. The number of aryl methyl sites for hydroxylation is 1. The normalized spacial score (nSPS) is 11.0. The molecule has 0 aliphatic heterocycles. The molecule has 1 aromatic carbocycles. The summed E-state index contributed by atoms with van der Waals surface area (Å²) in [6.45, 7) is 3.95. The number of halogens is 3. The Morgan fingerprint density at radius 3 is 2.68 bits per heavy atom. The molecule has 25 heavy (non-hydrogen) atoms. The van der Waals surface area contributed by atoms with Gasteiger partial charge in [-0.25, -0.2) is 13.8 Å². The van der Waals surface area contributed by atoms with Crippen LogP contribution in [-0.2, 0) is 13.6 Å². The Labute approximate surface area is 162 Å². The topological polar surface area (TPSA) is 63.5 Å². The fraction of sp³-hybridized carbons (Fsp3) is 0.375. The molecule has 0 aliphatic carbocycles. The van der Waals surface area contributed by atoms with Gasteiger partial charge in [-0.3, -0.25) is 4.68 Å². The number of hydrogen-bond acceptors (Lipinski definition) is 3. The Kier molecular flexibility index (Phi) is 9.17. The SMILES string of the molecule is CCNC(=NCc1ccnn1C)NCCOc1ccc(F)c(F)c1.I. The Morgan fingerprint density at radius 1 is 1.24 bits per heavy atom. The second-order valence-electron chi connectivity index (χ2n) is 4.99. The molecule has 1 heterocycles. The molecule has 138 valence electrons. The molecular formula is C16H22F2IN5O. The molecule has 2 rings (SSSR count). The van der Waals surface area contributed by atoms with Crippen molar-refractivity contribution in [2.45, 2.75) is 13.5 Å². The third-order valence-electron chi connectivity index (χ3n) is 3.22. The van der Waals surface area contributed by atoms with E-state index in [1.54, 1.807) is 10.9 Å². The van der Waals surface area contributed by atoms with Gasteiger partial charge in [-0.15, -0.1) is 24.0 Å². The quantitative estimate of drug-likeness (QED) is 0.286. The lowest BCUT2D eigenvalue weighted by atomic mass is 10.3. The van der Waals surface area contributed by atoms with Crippen molar-refractivity contribution in [2.75, 3.05) is 19.7 Å². The minimum atomic E-state index is -0.925. The summed E-state index contributed by atoms with van der Waals surface area (Å²) in [5.74, 6) is -0.885. The molecule has 0 bridgehead atoms. The smallest absolute Gasteiger partial charge is 0.191 e. The minimum absolute atomic E-state index is 0. The summed E-state index contributed by atoms with van der Waals surface area (Å²) in [6, 6.07) is 5.36. The Hall–Kier alpha value is -1.91. The number of ether oxygens (including phenoxy) is 1. The van der Waals surface area contributed by atoms with Crippen LogP contribution in [0.3, 0.4) is 0 Å². The molecule has 2 aromatic rings. The summed E-state index contributed by atoms with van der Waals surface area (Å²) in [4.78, 5) is 4.46. The summed E-state index contributed by atoms with van der Waals surface area (Å²) in [6.07, 6.45) is 1.72. The van der Waals surface area contributed by atoms with Gasteiger partial charge in [0.05, 0.1) is 18.8 Å².